The van der Waals surface area contributed by atoms with Gasteiger partial charge >= 0.3 is 0 Å². The smallest absolute Gasteiger partial charge is 0.00967 e. The minimum Gasteiger partial charge on any atom is -0.312 e. The molecule has 0 aliphatic heterocycles. The summed E-state index contributed by atoms with van der Waals surface area (Å²) in [5.41, 5.74) is 0.703. The fourth-order valence-electron chi connectivity index (χ4n) is 1.81. The Morgan fingerprint density at radius 1 is 1.07 bits per heavy atom. The van der Waals surface area contributed by atoms with Crippen LogP contribution in [-0.2, 0) is 0 Å². The molecular formula is C13H29N. The third kappa shape index (κ3) is 6.42. The van der Waals surface area contributed by atoms with Crippen LogP contribution in [0.3, 0.4) is 0 Å². The molecule has 0 saturated heterocycles. The first kappa shape index (κ1) is 14.0. The summed E-state index contributed by atoms with van der Waals surface area (Å²) in [6.45, 7) is 17.1. The van der Waals surface area contributed by atoms with Crippen molar-refractivity contribution in [2.75, 3.05) is 6.54 Å². The van der Waals surface area contributed by atoms with Crippen molar-refractivity contribution in [2.45, 2.75) is 66.8 Å². The second-order valence-corrected chi connectivity index (χ2v) is 6.37. The summed E-state index contributed by atoms with van der Waals surface area (Å²) in [6.07, 6.45) is 2.57. The van der Waals surface area contributed by atoms with Gasteiger partial charge in [0, 0.05) is 12.1 Å². The van der Waals surface area contributed by atoms with Crippen molar-refractivity contribution in [1.29, 1.82) is 0 Å². The molecule has 1 heteroatoms. The lowest BCUT2D eigenvalue weighted by Crippen LogP contribution is -2.43. The van der Waals surface area contributed by atoms with E-state index >= 15 is 0 Å². The average Bonchev–Trinajstić information content (AvgIpc) is 1.99. The predicted molar refractivity (Wildman–Crippen MR) is 65.6 cm³/mol. The summed E-state index contributed by atoms with van der Waals surface area (Å²) in [5, 5.41) is 3.62. The third-order valence-electron chi connectivity index (χ3n) is 2.80. The second kappa shape index (κ2) is 5.16. The average molecular weight is 199 g/mol. The topological polar surface area (TPSA) is 12.0 Å². The van der Waals surface area contributed by atoms with Crippen molar-refractivity contribution in [3.05, 3.63) is 0 Å². The fourth-order valence-corrected chi connectivity index (χ4v) is 1.81. The van der Waals surface area contributed by atoms with Gasteiger partial charge in [0.15, 0.2) is 0 Å². The minimum absolute atomic E-state index is 0.243. The van der Waals surface area contributed by atoms with Crippen molar-refractivity contribution in [1.82, 2.24) is 5.32 Å². The molecule has 0 aromatic heterocycles. The van der Waals surface area contributed by atoms with Gasteiger partial charge in [0.25, 0.3) is 0 Å². The highest BCUT2D eigenvalue weighted by atomic mass is 15.0. The molecule has 0 amide bonds. The van der Waals surface area contributed by atoms with Crippen molar-refractivity contribution in [2.24, 2.45) is 11.3 Å². The van der Waals surface area contributed by atoms with E-state index in [0.717, 1.165) is 12.5 Å². The zero-order valence-electron chi connectivity index (χ0n) is 11.2. The Hall–Kier alpha value is -0.0400. The monoisotopic (exact) mass is 199 g/mol. The molecular weight excluding hydrogens is 170 g/mol. The maximum atomic E-state index is 3.62. The first-order chi connectivity index (χ1) is 6.18. The van der Waals surface area contributed by atoms with Gasteiger partial charge in [-0.3, -0.25) is 0 Å². The summed E-state index contributed by atoms with van der Waals surface area (Å²) in [4.78, 5) is 0. The molecule has 0 rings (SSSR count). The minimum atomic E-state index is 0.243. The van der Waals surface area contributed by atoms with Crippen molar-refractivity contribution in [3.63, 3.8) is 0 Å². The summed E-state index contributed by atoms with van der Waals surface area (Å²) in [5.74, 6) is 0.793. The van der Waals surface area contributed by atoms with Gasteiger partial charge in [-0.05, 0) is 44.9 Å². The fraction of sp³-hybridized carbons (Fsp3) is 1.00. The molecule has 1 N–H and O–H groups in total. The van der Waals surface area contributed by atoms with E-state index in [-0.39, 0.29) is 5.54 Å². The molecule has 0 aliphatic rings. The van der Waals surface area contributed by atoms with Crippen LogP contribution in [0.5, 0.6) is 0 Å². The van der Waals surface area contributed by atoms with Crippen LogP contribution in [0, 0.1) is 11.3 Å². The molecule has 0 bridgehead atoms. The summed E-state index contributed by atoms with van der Waals surface area (Å²) >= 11 is 0. The SMILES string of the molecule is CCC(C)(CNC(C)(C)C)CC(C)C. The van der Waals surface area contributed by atoms with Crippen molar-refractivity contribution in [3.8, 4) is 0 Å². The highest BCUT2D eigenvalue weighted by Crippen LogP contribution is 2.29. The second-order valence-electron chi connectivity index (χ2n) is 6.37. The van der Waals surface area contributed by atoms with Crippen molar-refractivity contribution >= 4 is 0 Å². The molecule has 0 aliphatic carbocycles. The Morgan fingerprint density at radius 2 is 1.57 bits per heavy atom. The zero-order valence-corrected chi connectivity index (χ0v) is 11.2. The highest BCUT2D eigenvalue weighted by molar-refractivity contribution is 4.81. The molecule has 0 radical (unpaired) electrons. The first-order valence-corrected chi connectivity index (χ1v) is 5.93. The summed E-state index contributed by atoms with van der Waals surface area (Å²) < 4.78 is 0. The molecule has 0 saturated carbocycles. The van der Waals surface area contributed by atoms with E-state index in [0.29, 0.717) is 5.41 Å². The highest BCUT2D eigenvalue weighted by Gasteiger charge is 2.24. The molecule has 1 nitrogen and oxygen atoms in total. The molecule has 0 fully saturated rings. The Morgan fingerprint density at radius 3 is 1.86 bits per heavy atom. The maximum absolute atomic E-state index is 3.62. The normalized spacial score (nSPS) is 17.1. The van der Waals surface area contributed by atoms with Crippen molar-refractivity contribution < 1.29 is 0 Å². The largest absolute Gasteiger partial charge is 0.312 e. The van der Waals surface area contributed by atoms with Gasteiger partial charge in [-0.25, -0.2) is 0 Å². The van der Waals surface area contributed by atoms with E-state index in [1.165, 1.54) is 12.8 Å². The van der Waals surface area contributed by atoms with E-state index in [2.05, 4.69) is 53.8 Å². The van der Waals surface area contributed by atoms with Crippen LogP contribution in [0.25, 0.3) is 0 Å². The van der Waals surface area contributed by atoms with Crippen LogP contribution < -0.4 is 5.32 Å². The molecule has 0 aromatic carbocycles. The predicted octanol–water partition coefficient (Wildman–Crippen LogP) is 3.84. The molecule has 1 unspecified atom stereocenters. The molecule has 14 heavy (non-hydrogen) atoms. The van der Waals surface area contributed by atoms with E-state index in [1.54, 1.807) is 0 Å². The van der Waals surface area contributed by atoms with Crippen LogP contribution in [0.1, 0.15) is 61.3 Å². The summed E-state index contributed by atoms with van der Waals surface area (Å²) in [6, 6.07) is 0. The van der Waals surface area contributed by atoms with Gasteiger partial charge in [-0.15, -0.1) is 0 Å². The van der Waals surface area contributed by atoms with Crippen LogP contribution in [0.4, 0.5) is 0 Å². The number of hydrogen-bond donors (Lipinski definition) is 1. The Kier molecular flexibility index (Phi) is 5.14. The molecule has 1 atom stereocenters. The van der Waals surface area contributed by atoms with Gasteiger partial charge in [-0.2, -0.15) is 0 Å². The lowest BCUT2D eigenvalue weighted by Gasteiger charge is -2.34. The molecule has 86 valence electrons. The van der Waals surface area contributed by atoms with Crippen LogP contribution in [0.2, 0.25) is 0 Å². The van der Waals surface area contributed by atoms with Crippen LogP contribution in [-0.4, -0.2) is 12.1 Å². The van der Waals surface area contributed by atoms with Gasteiger partial charge in [0.1, 0.15) is 0 Å². The summed E-state index contributed by atoms with van der Waals surface area (Å²) in [7, 11) is 0. The van der Waals surface area contributed by atoms with Gasteiger partial charge in [0.05, 0.1) is 0 Å². The molecule has 0 spiro atoms. The van der Waals surface area contributed by atoms with Gasteiger partial charge in [0.2, 0.25) is 0 Å². The van der Waals surface area contributed by atoms with Crippen LogP contribution in [0.15, 0.2) is 0 Å². The number of hydrogen-bond acceptors (Lipinski definition) is 1. The quantitative estimate of drug-likeness (QED) is 0.709. The molecule has 0 aromatic rings. The standard InChI is InChI=1S/C13H29N/c1-8-13(7,9-11(2)3)10-14-12(4,5)6/h11,14H,8-10H2,1-7H3. The first-order valence-electron chi connectivity index (χ1n) is 5.93. The Bertz CT molecular complexity index is 155. The number of nitrogens with one attached hydrogen (secondary N) is 1. The molecule has 0 heterocycles. The van der Waals surface area contributed by atoms with E-state index in [4.69, 9.17) is 0 Å². The Balaban J connectivity index is 4.12. The van der Waals surface area contributed by atoms with Gasteiger partial charge in [-0.1, -0.05) is 27.7 Å². The van der Waals surface area contributed by atoms with Gasteiger partial charge < -0.3 is 5.32 Å². The van der Waals surface area contributed by atoms with E-state index in [9.17, 15) is 0 Å². The van der Waals surface area contributed by atoms with Crippen LogP contribution >= 0.6 is 0 Å². The lowest BCUT2D eigenvalue weighted by molar-refractivity contribution is 0.212. The van der Waals surface area contributed by atoms with E-state index < -0.39 is 0 Å². The number of rotatable bonds is 5. The zero-order chi connectivity index (χ0) is 11.4. The maximum Gasteiger partial charge on any atom is 0.00967 e. The lowest BCUT2D eigenvalue weighted by atomic mass is 9.79. The van der Waals surface area contributed by atoms with E-state index in [1.807, 2.05) is 0 Å². The Labute approximate surface area is 90.7 Å². The third-order valence-corrected chi connectivity index (χ3v) is 2.80.